The molecule has 0 saturated carbocycles. The molecule has 0 radical (unpaired) electrons. The van der Waals surface area contributed by atoms with Gasteiger partial charge in [0.25, 0.3) is 0 Å². The molecule has 0 aliphatic rings. The van der Waals surface area contributed by atoms with Gasteiger partial charge in [-0.2, -0.15) is 11.8 Å². The quantitative estimate of drug-likeness (QED) is 0.834. The van der Waals surface area contributed by atoms with Gasteiger partial charge in [-0.25, -0.2) is 4.39 Å². The summed E-state index contributed by atoms with van der Waals surface area (Å²) >= 11 is 1.72. The Morgan fingerprint density at radius 2 is 1.80 bits per heavy atom. The normalized spacial score (nSPS) is 13.1. The van der Waals surface area contributed by atoms with E-state index >= 15 is 0 Å². The molecule has 0 aromatic heterocycles. The van der Waals surface area contributed by atoms with Crippen LogP contribution in [0.2, 0.25) is 0 Å². The average molecular weight is 228 g/mol. The SMILES string of the molecule is CC(C)CSCC(O)c1ccc(F)cc1. The van der Waals surface area contributed by atoms with Crippen LogP contribution in [0.4, 0.5) is 4.39 Å². The fourth-order valence-corrected chi connectivity index (χ4v) is 2.22. The molecule has 1 atom stereocenters. The lowest BCUT2D eigenvalue weighted by molar-refractivity contribution is 0.204. The molecule has 0 amide bonds. The second-order valence-electron chi connectivity index (χ2n) is 4.00. The summed E-state index contributed by atoms with van der Waals surface area (Å²) in [6, 6.07) is 6.03. The molecule has 0 heterocycles. The summed E-state index contributed by atoms with van der Waals surface area (Å²) in [4.78, 5) is 0. The van der Waals surface area contributed by atoms with Gasteiger partial charge in [-0.05, 0) is 29.4 Å². The first-order valence-electron chi connectivity index (χ1n) is 5.11. The van der Waals surface area contributed by atoms with Crippen molar-refractivity contribution in [2.75, 3.05) is 11.5 Å². The van der Waals surface area contributed by atoms with E-state index in [0.717, 1.165) is 11.3 Å². The zero-order valence-electron chi connectivity index (χ0n) is 9.11. The average Bonchev–Trinajstić information content (AvgIpc) is 2.18. The molecule has 0 fully saturated rings. The van der Waals surface area contributed by atoms with Crippen molar-refractivity contribution < 1.29 is 9.50 Å². The molecule has 1 rings (SSSR count). The highest BCUT2D eigenvalue weighted by molar-refractivity contribution is 7.99. The molecule has 0 spiro atoms. The van der Waals surface area contributed by atoms with Gasteiger partial charge in [0.15, 0.2) is 0 Å². The maximum Gasteiger partial charge on any atom is 0.123 e. The maximum absolute atomic E-state index is 12.6. The van der Waals surface area contributed by atoms with Crippen molar-refractivity contribution >= 4 is 11.8 Å². The van der Waals surface area contributed by atoms with E-state index in [9.17, 15) is 9.50 Å². The van der Waals surface area contributed by atoms with Crippen molar-refractivity contribution in [3.63, 3.8) is 0 Å². The first kappa shape index (κ1) is 12.5. The number of aliphatic hydroxyl groups is 1. The van der Waals surface area contributed by atoms with Crippen LogP contribution < -0.4 is 0 Å². The monoisotopic (exact) mass is 228 g/mol. The Hall–Kier alpha value is -0.540. The lowest BCUT2D eigenvalue weighted by Gasteiger charge is -2.11. The molecule has 84 valence electrons. The van der Waals surface area contributed by atoms with E-state index in [0.29, 0.717) is 11.7 Å². The lowest BCUT2D eigenvalue weighted by atomic mass is 10.1. The molecule has 1 aromatic carbocycles. The van der Waals surface area contributed by atoms with Gasteiger partial charge in [-0.3, -0.25) is 0 Å². The Kier molecular flexibility index (Phi) is 5.12. The van der Waals surface area contributed by atoms with Crippen LogP contribution in [0.1, 0.15) is 25.5 Å². The van der Waals surface area contributed by atoms with E-state index in [2.05, 4.69) is 13.8 Å². The summed E-state index contributed by atoms with van der Waals surface area (Å²) in [6.45, 7) is 4.30. The number of benzene rings is 1. The third kappa shape index (κ3) is 4.67. The van der Waals surface area contributed by atoms with Crippen molar-refractivity contribution in [2.24, 2.45) is 5.92 Å². The molecule has 0 aliphatic heterocycles. The van der Waals surface area contributed by atoms with E-state index in [1.54, 1.807) is 23.9 Å². The predicted octanol–water partition coefficient (Wildman–Crippen LogP) is 3.25. The highest BCUT2D eigenvalue weighted by Crippen LogP contribution is 2.19. The zero-order chi connectivity index (χ0) is 11.3. The van der Waals surface area contributed by atoms with Gasteiger partial charge in [0.05, 0.1) is 6.10 Å². The highest BCUT2D eigenvalue weighted by atomic mass is 32.2. The molecule has 1 aromatic rings. The number of hydrogen-bond acceptors (Lipinski definition) is 2. The Labute approximate surface area is 94.7 Å². The molecule has 1 nitrogen and oxygen atoms in total. The van der Waals surface area contributed by atoms with E-state index in [1.165, 1.54) is 12.1 Å². The van der Waals surface area contributed by atoms with Crippen LogP contribution in [0.25, 0.3) is 0 Å². The Balaban J connectivity index is 2.40. The maximum atomic E-state index is 12.6. The van der Waals surface area contributed by atoms with Gasteiger partial charge in [0, 0.05) is 5.75 Å². The molecule has 0 bridgehead atoms. The fraction of sp³-hybridized carbons (Fsp3) is 0.500. The van der Waals surface area contributed by atoms with Gasteiger partial charge in [0.1, 0.15) is 5.82 Å². The van der Waals surface area contributed by atoms with Crippen LogP contribution in [0.3, 0.4) is 0 Å². The number of thioether (sulfide) groups is 1. The molecular formula is C12H17FOS. The number of rotatable bonds is 5. The smallest absolute Gasteiger partial charge is 0.123 e. The number of halogens is 1. The Morgan fingerprint density at radius 1 is 1.20 bits per heavy atom. The largest absolute Gasteiger partial charge is 0.388 e. The minimum atomic E-state index is -0.491. The summed E-state index contributed by atoms with van der Waals surface area (Å²) < 4.78 is 12.6. The van der Waals surface area contributed by atoms with Crippen LogP contribution in [0.5, 0.6) is 0 Å². The van der Waals surface area contributed by atoms with E-state index < -0.39 is 6.10 Å². The van der Waals surface area contributed by atoms with Crippen molar-refractivity contribution in [1.29, 1.82) is 0 Å². The molecule has 3 heteroatoms. The van der Waals surface area contributed by atoms with Gasteiger partial charge < -0.3 is 5.11 Å². The van der Waals surface area contributed by atoms with Crippen molar-refractivity contribution in [3.8, 4) is 0 Å². The summed E-state index contributed by atoms with van der Waals surface area (Å²) in [5.41, 5.74) is 0.785. The minimum absolute atomic E-state index is 0.263. The summed E-state index contributed by atoms with van der Waals surface area (Å²) in [5.74, 6) is 2.08. The van der Waals surface area contributed by atoms with Crippen molar-refractivity contribution in [1.82, 2.24) is 0 Å². The second kappa shape index (κ2) is 6.13. The predicted molar refractivity (Wildman–Crippen MR) is 63.5 cm³/mol. The summed E-state index contributed by atoms with van der Waals surface area (Å²) in [5, 5.41) is 9.78. The molecule has 1 unspecified atom stereocenters. The topological polar surface area (TPSA) is 20.2 Å². The van der Waals surface area contributed by atoms with Crippen molar-refractivity contribution in [3.05, 3.63) is 35.6 Å². The van der Waals surface area contributed by atoms with Gasteiger partial charge in [-0.15, -0.1) is 0 Å². The Morgan fingerprint density at radius 3 is 2.33 bits per heavy atom. The van der Waals surface area contributed by atoms with E-state index in [1.807, 2.05) is 0 Å². The highest BCUT2D eigenvalue weighted by Gasteiger charge is 2.07. The third-order valence-corrected chi connectivity index (χ3v) is 3.44. The van der Waals surface area contributed by atoms with Gasteiger partial charge in [-0.1, -0.05) is 26.0 Å². The van der Waals surface area contributed by atoms with Crippen LogP contribution >= 0.6 is 11.8 Å². The number of aliphatic hydroxyl groups excluding tert-OH is 1. The first-order chi connectivity index (χ1) is 7.09. The fourth-order valence-electron chi connectivity index (χ4n) is 1.20. The molecular weight excluding hydrogens is 211 g/mol. The lowest BCUT2D eigenvalue weighted by Crippen LogP contribution is -2.02. The molecule has 0 aliphatic carbocycles. The van der Waals surface area contributed by atoms with Crippen molar-refractivity contribution in [2.45, 2.75) is 20.0 Å². The van der Waals surface area contributed by atoms with Crippen LogP contribution in [-0.4, -0.2) is 16.6 Å². The van der Waals surface area contributed by atoms with Gasteiger partial charge in [0.2, 0.25) is 0 Å². The van der Waals surface area contributed by atoms with E-state index in [-0.39, 0.29) is 5.82 Å². The van der Waals surface area contributed by atoms with E-state index in [4.69, 9.17) is 0 Å². The second-order valence-corrected chi connectivity index (χ2v) is 5.07. The molecule has 15 heavy (non-hydrogen) atoms. The third-order valence-electron chi connectivity index (χ3n) is 1.98. The Bertz CT molecular complexity index is 284. The van der Waals surface area contributed by atoms with Crippen LogP contribution in [0.15, 0.2) is 24.3 Å². The summed E-state index contributed by atoms with van der Waals surface area (Å²) in [6.07, 6.45) is -0.491. The number of hydrogen-bond donors (Lipinski definition) is 1. The minimum Gasteiger partial charge on any atom is -0.388 e. The molecule has 1 N–H and O–H groups in total. The summed E-state index contributed by atoms with van der Waals surface area (Å²) in [7, 11) is 0. The van der Waals surface area contributed by atoms with Gasteiger partial charge >= 0.3 is 0 Å². The van der Waals surface area contributed by atoms with Crippen LogP contribution in [0, 0.1) is 11.7 Å². The van der Waals surface area contributed by atoms with Crippen LogP contribution in [-0.2, 0) is 0 Å². The standard InChI is InChI=1S/C12H17FOS/c1-9(2)7-15-8-12(14)10-3-5-11(13)6-4-10/h3-6,9,12,14H,7-8H2,1-2H3. The molecule has 0 saturated heterocycles. The first-order valence-corrected chi connectivity index (χ1v) is 6.26. The zero-order valence-corrected chi connectivity index (χ0v) is 9.93.